The van der Waals surface area contributed by atoms with Crippen molar-refractivity contribution in [2.75, 3.05) is 13.1 Å². The number of halogens is 2. The van der Waals surface area contributed by atoms with E-state index in [-0.39, 0.29) is 17.0 Å². The number of aliphatic carboxylic acids is 1. The molecule has 1 aliphatic heterocycles. The molecule has 31 heavy (non-hydrogen) atoms. The number of aromatic nitrogens is 1. The Morgan fingerprint density at radius 3 is 2.71 bits per heavy atom. The highest BCUT2D eigenvalue weighted by molar-refractivity contribution is 5.93. The molecule has 9 heteroatoms. The highest BCUT2D eigenvalue weighted by Crippen LogP contribution is 2.32. The number of benzene rings is 1. The Bertz CT molecular complexity index is 979. The average Bonchev–Trinajstić information content (AvgIpc) is 3.37. The number of carboxylic acids is 1. The van der Waals surface area contributed by atoms with Crippen LogP contribution in [-0.2, 0) is 4.79 Å². The van der Waals surface area contributed by atoms with Crippen LogP contribution < -0.4 is 5.32 Å². The first kappa shape index (κ1) is 21.4. The molecule has 1 saturated heterocycles. The smallest absolute Gasteiger partial charge is 0.309 e. The van der Waals surface area contributed by atoms with Gasteiger partial charge in [-0.15, -0.1) is 0 Å². The van der Waals surface area contributed by atoms with Gasteiger partial charge >= 0.3 is 5.97 Å². The second kappa shape index (κ2) is 8.74. The Labute approximate surface area is 178 Å². The standard InChI is InChI=1S/C22H25F2N3O4/c1-12-3-2-4-19(12)27-8-7-17(15(11-27)22(29)30)25-21(28)18-10-20(31-26-18)14-6-5-13(23)9-16(14)24/h5-6,9-10,12,15,17,19H,2-4,7-8,11H2,1H3,(H,25,28)(H,29,30)/t12-,15-,17-,19+/m0/s1. The maximum Gasteiger partial charge on any atom is 0.309 e. The first-order chi connectivity index (χ1) is 14.8. The number of amides is 1. The van der Waals surface area contributed by atoms with Crippen molar-refractivity contribution in [3.05, 3.63) is 41.6 Å². The molecule has 1 saturated carbocycles. The summed E-state index contributed by atoms with van der Waals surface area (Å²) in [6, 6.07) is 4.11. The van der Waals surface area contributed by atoms with Crippen LogP contribution in [0.1, 0.15) is 43.1 Å². The molecule has 0 spiro atoms. The monoisotopic (exact) mass is 433 g/mol. The van der Waals surface area contributed by atoms with Crippen LogP contribution in [0.5, 0.6) is 0 Å². The summed E-state index contributed by atoms with van der Waals surface area (Å²) in [5, 5.41) is 16.2. The zero-order valence-corrected chi connectivity index (χ0v) is 17.2. The van der Waals surface area contributed by atoms with Crippen molar-refractivity contribution < 1.29 is 28.0 Å². The van der Waals surface area contributed by atoms with Crippen molar-refractivity contribution in [2.45, 2.75) is 44.7 Å². The van der Waals surface area contributed by atoms with Gasteiger partial charge in [0.15, 0.2) is 11.5 Å². The lowest BCUT2D eigenvalue weighted by Crippen LogP contribution is -2.56. The van der Waals surface area contributed by atoms with Gasteiger partial charge in [0.05, 0.1) is 11.5 Å². The molecule has 2 aliphatic rings. The molecule has 1 aromatic carbocycles. The van der Waals surface area contributed by atoms with Gasteiger partial charge in [0.1, 0.15) is 11.6 Å². The molecule has 1 amide bonds. The van der Waals surface area contributed by atoms with Gasteiger partial charge in [-0.2, -0.15) is 0 Å². The minimum atomic E-state index is -0.949. The van der Waals surface area contributed by atoms with Crippen molar-refractivity contribution in [3.63, 3.8) is 0 Å². The molecule has 4 rings (SSSR count). The van der Waals surface area contributed by atoms with Crippen LogP contribution in [0, 0.1) is 23.5 Å². The fourth-order valence-corrected chi connectivity index (χ4v) is 4.81. The van der Waals surface area contributed by atoms with Gasteiger partial charge in [-0.25, -0.2) is 8.78 Å². The summed E-state index contributed by atoms with van der Waals surface area (Å²) in [7, 11) is 0. The number of hydrogen-bond acceptors (Lipinski definition) is 5. The number of rotatable bonds is 5. The van der Waals surface area contributed by atoms with Gasteiger partial charge < -0.3 is 14.9 Å². The van der Waals surface area contributed by atoms with Crippen molar-refractivity contribution in [1.82, 2.24) is 15.4 Å². The largest absolute Gasteiger partial charge is 0.481 e. The Kier molecular flexibility index (Phi) is 6.04. The van der Waals surface area contributed by atoms with Crippen molar-refractivity contribution in [1.29, 1.82) is 0 Å². The topological polar surface area (TPSA) is 95.7 Å². The number of nitrogens with zero attached hydrogens (tertiary/aromatic N) is 2. The molecule has 0 radical (unpaired) electrons. The van der Waals surface area contributed by atoms with E-state index < -0.39 is 35.5 Å². The zero-order valence-electron chi connectivity index (χ0n) is 17.2. The first-order valence-electron chi connectivity index (χ1n) is 10.5. The van der Waals surface area contributed by atoms with E-state index in [1.54, 1.807) is 0 Å². The summed E-state index contributed by atoms with van der Waals surface area (Å²) in [4.78, 5) is 26.8. The molecule has 2 fully saturated rings. The third-order valence-electron chi connectivity index (χ3n) is 6.50. The van der Waals surface area contributed by atoms with E-state index in [2.05, 4.69) is 22.3 Å². The maximum absolute atomic E-state index is 14.0. The molecule has 4 atom stereocenters. The van der Waals surface area contributed by atoms with E-state index in [4.69, 9.17) is 4.52 Å². The number of piperidine rings is 1. The Morgan fingerprint density at radius 1 is 1.23 bits per heavy atom. The van der Waals surface area contributed by atoms with Crippen LogP contribution in [-0.4, -0.2) is 52.2 Å². The third-order valence-corrected chi connectivity index (χ3v) is 6.50. The normalized spacial score (nSPS) is 26.7. The number of carboxylic acid groups (broad SMARTS) is 1. The fraction of sp³-hybridized carbons (Fsp3) is 0.500. The Balaban J connectivity index is 1.44. The van der Waals surface area contributed by atoms with Gasteiger partial charge in [-0.1, -0.05) is 18.5 Å². The van der Waals surface area contributed by atoms with Gasteiger partial charge in [0.25, 0.3) is 5.91 Å². The molecular weight excluding hydrogens is 408 g/mol. The number of hydrogen-bond donors (Lipinski definition) is 2. The lowest BCUT2D eigenvalue weighted by molar-refractivity contribution is -0.145. The van der Waals surface area contributed by atoms with Gasteiger partial charge in [0, 0.05) is 37.3 Å². The Hall–Kier alpha value is -2.81. The van der Waals surface area contributed by atoms with E-state index in [9.17, 15) is 23.5 Å². The highest BCUT2D eigenvalue weighted by atomic mass is 19.1. The molecule has 0 bridgehead atoms. The summed E-state index contributed by atoms with van der Waals surface area (Å²) in [5.41, 5.74) is -0.106. The van der Waals surface area contributed by atoms with E-state index in [1.165, 1.54) is 12.1 Å². The maximum atomic E-state index is 14.0. The number of carbonyl (C=O) groups excluding carboxylic acids is 1. The van der Waals surface area contributed by atoms with E-state index in [0.29, 0.717) is 37.5 Å². The molecule has 1 aromatic heterocycles. The summed E-state index contributed by atoms with van der Waals surface area (Å²) in [5.74, 6) is -3.29. The number of likely N-dealkylation sites (tertiary alicyclic amines) is 1. The number of nitrogens with one attached hydrogen (secondary N) is 1. The van der Waals surface area contributed by atoms with Crippen LogP contribution in [0.4, 0.5) is 8.78 Å². The van der Waals surface area contributed by atoms with Crippen LogP contribution >= 0.6 is 0 Å². The molecule has 1 aliphatic carbocycles. The number of carbonyl (C=O) groups is 2. The highest BCUT2D eigenvalue weighted by Gasteiger charge is 2.40. The molecule has 166 valence electrons. The van der Waals surface area contributed by atoms with Gasteiger partial charge in [0.2, 0.25) is 0 Å². The minimum Gasteiger partial charge on any atom is -0.481 e. The molecule has 2 heterocycles. The summed E-state index contributed by atoms with van der Waals surface area (Å²) in [6.45, 7) is 3.31. The first-order valence-corrected chi connectivity index (χ1v) is 10.5. The quantitative estimate of drug-likeness (QED) is 0.751. The van der Waals surface area contributed by atoms with E-state index >= 15 is 0 Å². The summed E-state index contributed by atoms with van der Waals surface area (Å²) in [6.07, 6.45) is 3.90. The second-order valence-electron chi connectivity index (χ2n) is 8.48. The predicted octanol–water partition coefficient (Wildman–Crippen LogP) is 3.31. The Morgan fingerprint density at radius 2 is 2.03 bits per heavy atom. The van der Waals surface area contributed by atoms with Crippen molar-refractivity contribution in [2.24, 2.45) is 11.8 Å². The third kappa shape index (κ3) is 4.46. The predicted molar refractivity (Wildman–Crippen MR) is 107 cm³/mol. The fourth-order valence-electron chi connectivity index (χ4n) is 4.81. The SMILES string of the molecule is C[C@H]1CCC[C@H]1N1CC[C@H](NC(=O)c2cc(-c3ccc(F)cc3F)on2)[C@@H](C(=O)O)C1. The molecule has 2 aromatic rings. The second-order valence-corrected chi connectivity index (χ2v) is 8.48. The van der Waals surface area contributed by atoms with Crippen LogP contribution in [0.25, 0.3) is 11.3 Å². The molecule has 2 N–H and O–H groups in total. The minimum absolute atomic E-state index is 0.0116. The molecular formula is C22H25F2N3O4. The van der Waals surface area contributed by atoms with Gasteiger partial charge in [-0.3, -0.25) is 14.5 Å². The van der Waals surface area contributed by atoms with Crippen molar-refractivity contribution >= 4 is 11.9 Å². The van der Waals surface area contributed by atoms with Gasteiger partial charge in [-0.05, 0) is 37.3 Å². The average molecular weight is 433 g/mol. The van der Waals surface area contributed by atoms with Crippen LogP contribution in [0.2, 0.25) is 0 Å². The van der Waals surface area contributed by atoms with E-state index in [1.807, 2.05) is 0 Å². The van der Waals surface area contributed by atoms with Crippen LogP contribution in [0.15, 0.2) is 28.8 Å². The molecule has 0 unspecified atom stereocenters. The summed E-state index contributed by atoms with van der Waals surface area (Å²) >= 11 is 0. The van der Waals surface area contributed by atoms with Crippen LogP contribution in [0.3, 0.4) is 0 Å². The molecule has 7 nitrogen and oxygen atoms in total. The summed E-state index contributed by atoms with van der Waals surface area (Å²) < 4.78 is 32.1. The lowest BCUT2D eigenvalue weighted by Gasteiger charge is -2.41. The van der Waals surface area contributed by atoms with E-state index in [0.717, 1.165) is 25.3 Å². The van der Waals surface area contributed by atoms with Crippen molar-refractivity contribution in [3.8, 4) is 11.3 Å². The zero-order chi connectivity index (χ0) is 22.1. The lowest BCUT2D eigenvalue weighted by atomic mass is 9.89.